The van der Waals surface area contributed by atoms with Crippen molar-refractivity contribution in [3.8, 4) is 6.07 Å². The van der Waals surface area contributed by atoms with Gasteiger partial charge in [0.2, 0.25) is 5.91 Å². The number of ether oxygens (including phenoxy) is 1. The standard InChI is InChI=1S/C12H21N3O2/c1-10(12(16)14-7-9-17-2)15(8-3-6-13)11-4-5-11/h10-11H,3-5,7-9H2,1-2H3,(H,14,16). The number of nitriles is 1. The molecular weight excluding hydrogens is 218 g/mol. The van der Waals surface area contributed by atoms with E-state index < -0.39 is 0 Å². The van der Waals surface area contributed by atoms with Crippen molar-refractivity contribution in [1.82, 2.24) is 10.2 Å². The first-order chi connectivity index (χ1) is 8.20. The van der Waals surface area contributed by atoms with Crippen LogP contribution in [-0.2, 0) is 9.53 Å². The predicted octanol–water partition coefficient (Wildman–Crippen LogP) is 0.516. The van der Waals surface area contributed by atoms with Gasteiger partial charge in [-0.15, -0.1) is 0 Å². The number of carbonyl (C=O) groups excluding carboxylic acids is 1. The van der Waals surface area contributed by atoms with Crippen molar-refractivity contribution in [3.63, 3.8) is 0 Å². The maximum absolute atomic E-state index is 11.9. The number of carbonyl (C=O) groups is 1. The summed E-state index contributed by atoms with van der Waals surface area (Å²) in [6, 6.07) is 2.47. The fourth-order valence-corrected chi connectivity index (χ4v) is 1.85. The number of hydrogen-bond acceptors (Lipinski definition) is 4. The number of amides is 1. The molecule has 1 atom stereocenters. The molecule has 1 rings (SSSR count). The first-order valence-electron chi connectivity index (χ1n) is 6.10. The van der Waals surface area contributed by atoms with E-state index in [0.717, 1.165) is 12.8 Å². The highest BCUT2D eigenvalue weighted by Crippen LogP contribution is 2.28. The van der Waals surface area contributed by atoms with Crippen LogP contribution in [0.5, 0.6) is 0 Å². The molecule has 0 radical (unpaired) electrons. The summed E-state index contributed by atoms with van der Waals surface area (Å²) >= 11 is 0. The number of hydrogen-bond donors (Lipinski definition) is 1. The normalized spacial score (nSPS) is 16.6. The second kappa shape index (κ2) is 7.25. The molecule has 1 unspecified atom stereocenters. The van der Waals surface area contributed by atoms with E-state index in [1.165, 1.54) is 0 Å². The van der Waals surface area contributed by atoms with Crippen LogP contribution in [0.25, 0.3) is 0 Å². The molecule has 1 fully saturated rings. The molecule has 1 N–H and O–H groups in total. The number of methoxy groups -OCH3 is 1. The summed E-state index contributed by atoms with van der Waals surface area (Å²) < 4.78 is 4.89. The smallest absolute Gasteiger partial charge is 0.237 e. The number of nitrogens with one attached hydrogen (secondary N) is 1. The van der Waals surface area contributed by atoms with Gasteiger partial charge in [0, 0.05) is 32.7 Å². The Morgan fingerprint density at radius 1 is 1.65 bits per heavy atom. The molecule has 0 bridgehead atoms. The number of nitrogens with zero attached hydrogens (tertiary/aromatic N) is 2. The summed E-state index contributed by atoms with van der Waals surface area (Å²) in [5.41, 5.74) is 0. The topological polar surface area (TPSA) is 65.4 Å². The van der Waals surface area contributed by atoms with Crippen LogP contribution in [0.1, 0.15) is 26.2 Å². The van der Waals surface area contributed by atoms with Crippen LogP contribution in [0.3, 0.4) is 0 Å². The lowest BCUT2D eigenvalue weighted by Gasteiger charge is -2.27. The zero-order valence-electron chi connectivity index (χ0n) is 10.6. The third kappa shape index (κ3) is 4.72. The Kier molecular flexibility index (Phi) is 5.95. The van der Waals surface area contributed by atoms with Crippen LogP contribution in [-0.4, -0.2) is 49.7 Å². The summed E-state index contributed by atoms with van der Waals surface area (Å²) in [5.74, 6) is 0.0203. The van der Waals surface area contributed by atoms with Crippen LogP contribution in [0.4, 0.5) is 0 Å². The summed E-state index contributed by atoms with van der Waals surface area (Å²) in [4.78, 5) is 14.0. The average Bonchev–Trinajstić information content (AvgIpc) is 3.14. The van der Waals surface area contributed by atoms with E-state index in [1.54, 1.807) is 7.11 Å². The lowest BCUT2D eigenvalue weighted by atomic mass is 10.2. The van der Waals surface area contributed by atoms with Gasteiger partial charge in [-0.3, -0.25) is 9.69 Å². The van der Waals surface area contributed by atoms with Gasteiger partial charge in [0.15, 0.2) is 0 Å². The molecule has 0 spiro atoms. The van der Waals surface area contributed by atoms with Gasteiger partial charge in [-0.05, 0) is 19.8 Å². The Labute approximate surface area is 103 Å². The van der Waals surface area contributed by atoms with E-state index in [2.05, 4.69) is 16.3 Å². The van der Waals surface area contributed by atoms with Crippen LogP contribution in [0.15, 0.2) is 0 Å². The molecule has 1 aliphatic rings. The molecule has 1 saturated carbocycles. The van der Waals surface area contributed by atoms with Gasteiger partial charge in [0.05, 0.1) is 18.7 Å². The second-order valence-corrected chi connectivity index (χ2v) is 4.34. The quantitative estimate of drug-likeness (QED) is 0.627. The molecule has 0 aromatic carbocycles. The minimum atomic E-state index is -0.160. The first-order valence-corrected chi connectivity index (χ1v) is 6.10. The minimum Gasteiger partial charge on any atom is -0.383 e. The molecule has 0 aromatic rings. The highest BCUT2D eigenvalue weighted by atomic mass is 16.5. The lowest BCUT2D eigenvalue weighted by Crippen LogP contribution is -2.47. The first kappa shape index (κ1) is 13.9. The second-order valence-electron chi connectivity index (χ2n) is 4.34. The lowest BCUT2D eigenvalue weighted by molar-refractivity contribution is -0.126. The monoisotopic (exact) mass is 239 g/mol. The maximum atomic E-state index is 11.9. The SMILES string of the molecule is COCCNC(=O)C(C)N(CCC#N)C1CC1. The Balaban J connectivity index is 2.37. The van der Waals surface area contributed by atoms with Gasteiger partial charge < -0.3 is 10.1 Å². The van der Waals surface area contributed by atoms with E-state index in [1.807, 2.05) is 6.92 Å². The molecule has 0 saturated heterocycles. The highest BCUT2D eigenvalue weighted by molar-refractivity contribution is 5.81. The van der Waals surface area contributed by atoms with Gasteiger partial charge >= 0.3 is 0 Å². The van der Waals surface area contributed by atoms with Crippen molar-refractivity contribution in [1.29, 1.82) is 5.26 Å². The third-order valence-electron chi connectivity index (χ3n) is 2.98. The average molecular weight is 239 g/mol. The van der Waals surface area contributed by atoms with Gasteiger partial charge in [-0.1, -0.05) is 0 Å². The zero-order valence-corrected chi connectivity index (χ0v) is 10.6. The van der Waals surface area contributed by atoms with Crippen molar-refractivity contribution in [2.45, 2.75) is 38.3 Å². The van der Waals surface area contributed by atoms with E-state index in [0.29, 0.717) is 32.2 Å². The Morgan fingerprint density at radius 3 is 2.88 bits per heavy atom. The minimum absolute atomic E-state index is 0.0203. The van der Waals surface area contributed by atoms with Gasteiger partial charge in [0.1, 0.15) is 0 Å². The van der Waals surface area contributed by atoms with Crippen LogP contribution < -0.4 is 5.32 Å². The maximum Gasteiger partial charge on any atom is 0.237 e. The van der Waals surface area contributed by atoms with Crippen molar-refractivity contribution < 1.29 is 9.53 Å². The van der Waals surface area contributed by atoms with E-state index in [-0.39, 0.29) is 11.9 Å². The molecule has 0 aliphatic heterocycles. The summed E-state index contributed by atoms with van der Waals surface area (Å²) in [6.07, 6.45) is 2.76. The number of rotatable bonds is 8. The van der Waals surface area contributed by atoms with E-state index in [4.69, 9.17) is 10.00 Å². The molecule has 0 heterocycles. The molecule has 0 aromatic heterocycles. The molecule has 17 heavy (non-hydrogen) atoms. The highest BCUT2D eigenvalue weighted by Gasteiger charge is 2.34. The Morgan fingerprint density at radius 2 is 2.35 bits per heavy atom. The summed E-state index contributed by atoms with van der Waals surface area (Å²) in [5, 5.41) is 11.5. The predicted molar refractivity (Wildman–Crippen MR) is 64.3 cm³/mol. The molecule has 1 aliphatic carbocycles. The third-order valence-corrected chi connectivity index (χ3v) is 2.98. The fraction of sp³-hybridized carbons (Fsp3) is 0.833. The molecule has 1 amide bonds. The van der Waals surface area contributed by atoms with Gasteiger partial charge in [-0.2, -0.15) is 5.26 Å². The Hall–Kier alpha value is -1.12. The van der Waals surface area contributed by atoms with Crippen LogP contribution in [0.2, 0.25) is 0 Å². The van der Waals surface area contributed by atoms with Crippen LogP contribution >= 0.6 is 0 Å². The van der Waals surface area contributed by atoms with E-state index in [9.17, 15) is 4.79 Å². The molecule has 5 nitrogen and oxygen atoms in total. The van der Waals surface area contributed by atoms with E-state index >= 15 is 0 Å². The summed E-state index contributed by atoms with van der Waals surface area (Å²) in [6.45, 7) is 3.65. The molecular formula is C12H21N3O2. The van der Waals surface area contributed by atoms with Crippen molar-refractivity contribution in [2.24, 2.45) is 0 Å². The zero-order chi connectivity index (χ0) is 12.7. The van der Waals surface area contributed by atoms with Gasteiger partial charge in [0.25, 0.3) is 0 Å². The van der Waals surface area contributed by atoms with Crippen molar-refractivity contribution in [2.75, 3.05) is 26.8 Å². The molecule has 96 valence electrons. The largest absolute Gasteiger partial charge is 0.383 e. The van der Waals surface area contributed by atoms with Crippen molar-refractivity contribution >= 4 is 5.91 Å². The molecule has 5 heteroatoms. The Bertz CT molecular complexity index is 284. The van der Waals surface area contributed by atoms with Crippen LogP contribution in [0, 0.1) is 11.3 Å². The van der Waals surface area contributed by atoms with Gasteiger partial charge in [-0.25, -0.2) is 0 Å². The summed E-state index contributed by atoms with van der Waals surface area (Å²) in [7, 11) is 1.61. The fourth-order valence-electron chi connectivity index (χ4n) is 1.85. The van der Waals surface area contributed by atoms with Crippen molar-refractivity contribution in [3.05, 3.63) is 0 Å².